The standard InChI is InChI=1S/C15H16N2O5/c1-2-7-21-9-12(15(19)20)16-14(18)8-11-10-5-3-4-6-13(10)22-17-11/h2-6,12H,1,7-9H2,(H,16,18)(H,19,20). The molecule has 2 aromatic rings. The summed E-state index contributed by atoms with van der Waals surface area (Å²) in [6.45, 7) is 3.55. The van der Waals surface area contributed by atoms with Crippen molar-refractivity contribution in [2.24, 2.45) is 0 Å². The van der Waals surface area contributed by atoms with Crippen LogP contribution < -0.4 is 5.32 Å². The van der Waals surface area contributed by atoms with Crippen molar-refractivity contribution in [3.63, 3.8) is 0 Å². The van der Waals surface area contributed by atoms with Crippen LogP contribution in [0.1, 0.15) is 5.69 Å². The number of para-hydroxylation sites is 1. The van der Waals surface area contributed by atoms with E-state index in [9.17, 15) is 9.59 Å². The zero-order chi connectivity index (χ0) is 15.9. The number of hydrogen-bond acceptors (Lipinski definition) is 5. The predicted molar refractivity (Wildman–Crippen MR) is 78.3 cm³/mol. The molecule has 2 N–H and O–H groups in total. The minimum Gasteiger partial charge on any atom is -0.480 e. The lowest BCUT2D eigenvalue weighted by molar-refractivity contribution is -0.143. The number of nitrogens with zero attached hydrogens (tertiary/aromatic N) is 1. The van der Waals surface area contributed by atoms with Gasteiger partial charge in [0.2, 0.25) is 5.91 Å². The zero-order valence-corrected chi connectivity index (χ0v) is 11.8. The van der Waals surface area contributed by atoms with E-state index in [1.165, 1.54) is 6.08 Å². The second-order valence-electron chi connectivity index (χ2n) is 4.59. The highest BCUT2D eigenvalue weighted by molar-refractivity contribution is 5.88. The first-order valence-electron chi connectivity index (χ1n) is 6.66. The van der Waals surface area contributed by atoms with Gasteiger partial charge in [0.25, 0.3) is 0 Å². The number of aliphatic carboxylic acids is 1. The molecule has 1 unspecified atom stereocenters. The third-order valence-electron chi connectivity index (χ3n) is 2.93. The summed E-state index contributed by atoms with van der Waals surface area (Å²) < 4.78 is 10.2. The van der Waals surface area contributed by atoms with Gasteiger partial charge in [0.1, 0.15) is 5.69 Å². The van der Waals surface area contributed by atoms with E-state index in [0.29, 0.717) is 11.3 Å². The van der Waals surface area contributed by atoms with E-state index < -0.39 is 17.9 Å². The molecule has 116 valence electrons. The molecule has 0 aliphatic heterocycles. The molecule has 1 aromatic heterocycles. The molecule has 22 heavy (non-hydrogen) atoms. The molecule has 2 rings (SSSR count). The molecule has 1 heterocycles. The number of hydrogen-bond donors (Lipinski definition) is 2. The van der Waals surface area contributed by atoms with E-state index >= 15 is 0 Å². The summed E-state index contributed by atoms with van der Waals surface area (Å²) in [5, 5.41) is 16.0. The molecule has 1 aromatic carbocycles. The molecule has 0 radical (unpaired) electrons. The first kappa shape index (κ1) is 15.7. The average molecular weight is 304 g/mol. The first-order chi connectivity index (χ1) is 10.6. The van der Waals surface area contributed by atoms with Crippen LogP contribution in [0, 0.1) is 0 Å². The molecule has 0 saturated carbocycles. The molecule has 0 fully saturated rings. The van der Waals surface area contributed by atoms with Crippen molar-refractivity contribution in [3.05, 3.63) is 42.6 Å². The lowest BCUT2D eigenvalue weighted by Crippen LogP contribution is -2.44. The molecule has 0 spiro atoms. The van der Waals surface area contributed by atoms with Gasteiger partial charge in [-0.3, -0.25) is 4.79 Å². The molecular weight excluding hydrogens is 288 g/mol. The van der Waals surface area contributed by atoms with Crippen LogP contribution in [0.3, 0.4) is 0 Å². The quantitative estimate of drug-likeness (QED) is 0.560. The number of benzene rings is 1. The number of carbonyl (C=O) groups excluding carboxylic acids is 1. The Morgan fingerprint density at radius 3 is 2.95 bits per heavy atom. The Balaban J connectivity index is 1.98. The average Bonchev–Trinajstić information content (AvgIpc) is 2.89. The molecule has 1 atom stereocenters. The highest BCUT2D eigenvalue weighted by Gasteiger charge is 2.21. The van der Waals surface area contributed by atoms with E-state index in [0.717, 1.165) is 5.39 Å². The van der Waals surface area contributed by atoms with Gasteiger partial charge in [-0.15, -0.1) is 6.58 Å². The molecule has 0 saturated heterocycles. The van der Waals surface area contributed by atoms with Crippen LogP contribution in [0.2, 0.25) is 0 Å². The Kier molecular flexibility index (Phi) is 5.26. The van der Waals surface area contributed by atoms with Gasteiger partial charge in [-0.1, -0.05) is 23.4 Å². The van der Waals surface area contributed by atoms with Crippen molar-refractivity contribution < 1.29 is 24.0 Å². The number of carboxylic acid groups (broad SMARTS) is 1. The lowest BCUT2D eigenvalue weighted by Gasteiger charge is -2.13. The molecule has 0 aliphatic carbocycles. The van der Waals surface area contributed by atoms with Crippen LogP contribution in [0.4, 0.5) is 0 Å². The summed E-state index contributed by atoms with van der Waals surface area (Å²) in [6, 6.07) is 6.02. The molecule has 7 heteroatoms. The van der Waals surface area contributed by atoms with Crippen LogP contribution in [-0.4, -0.2) is 41.4 Å². The number of carbonyl (C=O) groups is 2. The van der Waals surface area contributed by atoms with Gasteiger partial charge in [-0.05, 0) is 12.1 Å². The number of rotatable bonds is 8. The number of aromatic nitrogens is 1. The largest absolute Gasteiger partial charge is 0.480 e. The summed E-state index contributed by atoms with van der Waals surface area (Å²) in [5.74, 6) is -1.63. The van der Waals surface area contributed by atoms with Crippen molar-refractivity contribution in [3.8, 4) is 0 Å². The molecule has 1 amide bonds. The zero-order valence-electron chi connectivity index (χ0n) is 11.8. The van der Waals surface area contributed by atoms with E-state index in [1.54, 1.807) is 18.2 Å². The van der Waals surface area contributed by atoms with Crippen molar-refractivity contribution >= 4 is 22.8 Å². The van der Waals surface area contributed by atoms with Crippen LogP contribution in [0.5, 0.6) is 0 Å². The molecular formula is C15H16N2O5. The van der Waals surface area contributed by atoms with Gasteiger partial charge >= 0.3 is 5.97 Å². The lowest BCUT2D eigenvalue weighted by atomic mass is 10.1. The normalized spacial score (nSPS) is 12.0. The van der Waals surface area contributed by atoms with Crippen LogP contribution in [0.25, 0.3) is 11.0 Å². The van der Waals surface area contributed by atoms with Crippen molar-refractivity contribution in [1.29, 1.82) is 0 Å². The Hall–Kier alpha value is -2.67. The van der Waals surface area contributed by atoms with Gasteiger partial charge in [0.05, 0.1) is 19.6 Å². The van der Waals surface area contributed by atoms with E-state index in [-0.39, 0.29) is 19.6 Å². The maximum atomic E-state index is 12.0. The summed E-state index contributed by atoms with van der Waals surface area (Å²) >= 11 is 0. The Morgan fingerprint density at radius 2 is 2.23 bits per heavy atom. The van der Waals surface area contributed by atoms with Crippen molar-refractivity contribution in [2.45, 2.75) is 12.5 Å². The fourth-order valence-electron chi connectivity index (χ4n) is 1.91. The fraction of sp³-hybridized carbons (Fsp3) is 0.267. The summed E-state index contributed by atoms with van der Waals surface area (Å²) in [5.41, 5.74) is 1.04. The highest BCUT2D eigenvalue weighted by atomic mass is 16.5. The highest BCUT2D eigenvalue weighted by Crippen LogP contribution is 2.17. The van der Waals surface area contributed by atoms with Crippen LogP contribution >= 0.6 is 0 Å². The van der Waals surface area contributed by atoms with E-state index in [1.807, 2.05) is 6.07 Å². The van der Waals surface area contributed by atoms with E-state index in [4.69, 9.17) is 14.4 Å². The minimum atomic E-state index is -1.16. The number of ether oxygens (including phenoxy) is 1. The second-order valence-corrected chi connectivity index (χ2v) is 4.59. The van der Waals surface area contributed by atoms with Gasteiger partial charge in [-0.25, -0.2) is 4.79 Å². The van der Waals surface area contributed by atoms with Gasteiger partial charge in [0, 0.05) is 5.39 Å². The minimum absolute atomic E-state index is 0.0672. The summed E-state index contributed by atoms with van der Waals surface area (Å²) in [4.78, 5) is 23.1. The fourth-order valence-corrected chi connectivity index (χ4v) is 1.91. The number of carboxylic acids is 1. The Morgan fingerprint density at radius 1 is 1.45 bits per heavy atom. The van der Waals surface area contributed by atoms with Crippen molar-refractivity contribution in [1.82, 2.24) is 10.5 Å². The molecule has 7 nitrogen and oxygen atoms in total. The predicted octanol–water partition coefficient (Wildman–Crippen LogP) is 1.14. The Bertz CT molecular complexity index is 679. The number of amides is 1. The third-order valence-corrected chi connectivity index (χ3v) is 2.93. The molecule has 0 aliphatic rings. The monoisotopic (exact) mass is 304 g/mol. The Labute approximate surface area is 126 Å². The summed E-state index contributed by atoms with van der Waals surface area (Å²) in [7, 11) is 0. The maximum absolute atomic E-state index is 12.0. The van der Waals surface area contributed by atoms with Gasteiger partial charge in [-0.2, -0.15) is 0 Å². The SMILES string of the molecule is C=CCOCC(NC(=O)Cc1noc2ccccc12)C(=O)O. The molecule has 0 bridgehead atoms. The second kappa shape index (κ2) is 7.37. The van der Waals surface area contributed by atoms with Gasteiger partial charge < -0.3 is 19.7 Å². The number of fused-ring (bicyclic) bond motifs is 1. The van der Waals surface area contributed by atoms with Crippen LogP contribution in [0.15, 0.2) is 41.4 Å². The maximum Gasteiger partial charge on any atom is 0.328 e. The topological polar surface area (TPSA) is 102 Å². The first-order valence-corrected chi connectivity index (χ1v) is 6.66. The number of nitrogens with one attached hydrogen (secondary N) is 1. The summed E-state index contributed by atoms with van der Waals surface area (Å²) in [6.07, 6.45) is 1.44. The van der Waals surface area contributed by atoms with E-state index in [2.05, 4.69) is 17.1 Å². The third kappa shape index (κ3) is 3.92. The van der Waals surface area contributed by atoms with Crippen molar-refractivity contribution in [2.75, 3.05) is 13.2 Å². The van der Waals surface area contributed by atoms with Gasteiger partial charge in [0.15, 0.2) is 11.6 Å². The smallest absolute Gasteiger partial charge is 0.328 e. The van der Waals surface area contributed by atoms with Crippen LogP contribution in [-0.2, 0) is 20.7 Å².